The van der Waals surface area contributed by atoms with Crippen molar-refractivity contribution in [3.63, 3.8) is 0 Å². The standard InChI is InChI=1S/C8H5F3O2.C8H8O2.C7H6O2/c9-8(10,11)6-4-2-1-3-5(6)7(12)13;1-6-4-2-3-5-7(6)8(9)10;8-7(9)6-4-2-1-3-5-6/h1-4H,(H,12,13);2-5H,1H3,(H,9,10);1-5H,(H,8,9). The van der Waals surface area contributed by atoms with Crippen LogP contribution in [0.5, 0.6) is 0 Å². The maximum absolute atomic E-state index is 12.1. The van der Waals surface area contributed by atoms with E-state index in [4.69, 9.17) is 15.3 Å². The van der Waals surface area contributed by atoms with Crippen LogP contribution >= 0.6 is 0 Å². The Kier molecular flexibility index (Phi) is 9.63. The van der Waals surface area contributed by atoms with Crippen LogP contribution in [0.25, 0.3) is 0 Å². The number of aromatic carboxylic acids is 3. The first kappa shape index (κ1) is 25.9. The summed E-state index contributed by atoms with van der Waals surface area (Å²) in [7, 11) is 0. The maximum Gasteiger partial charge on any atom is 0.417 e. The first-order valence-corrected chi connectivity index (χ1v) is 8.92. The molecule has 0 amide bonds. The van der Waals surface area contributed by atoms with E-state index in [1.807, 2.05) is 6.07 Å². The van der Waals surface area contributed by atoms with Crippen molar-refractivity contribution in [2.75, 3.05) is 0 Å². The van der Waals surface area contributed by atoms with Gasteiger partial charge in [0.2, 0.25) is 0 Å². The van der Waals surface area contributed by atoms with Crippen LogP contribution in [0.4, 0.5) is 13.2 Å². The fourth-order valence-corrected chi connectivity index (χ4v) is 2.31. The molecule has 3 rings (SSSR count). The summed E-state index contributed by atoms with van der Waals surface area (Å²) in [5.74, 6) is -3.32. The molecule has 3 aromatic rings. The second-order valence-corrected chi connectivity index (χ2v) is 6.14. The summed E-state index contributed by atoms with van der Waals surface area (Å²) in [6.45, 7) is 1.78. The predicted octanol–water partition coefficient (Wildman–Crippen LogP) is 5.48. The minimum atomic E-state index is -4.62. The molecule has 0 spiro atoms. The van der Waals surface area contributed by atoms with Crippen LogP contribution in [-0.4, -0.2) is 33.2 Å². The fourth-order valence-electron chi connectivity index (χ4n) is 2.31. The normalized spacial score (nSPS) is 10.0. The molecular formula is C23H19F3O6. The lowest BCUT2D eigenvalue weighted by molar-refractivity contribution is -0.138. The number of hydrogen-bond donors (Lipinski definition) is 3. The van der Waals surface area contributed by atoms with Crippen LogP contribution in [0.1, 0.15) is 42.2 Å². The van der Waals surface area contributed by atoms with Crippen molar-refractivity contribution in [1.82, 2.24) is 0 Å². The minimum Gasteiger partial charge on any atom is -0.478 e. The predicted molar refractivity (Wildman–Crippen MR) is 110 cm³/mol. The average molecular weight is 448 g/mol. The van der Waals surface area contributed by atoms with Crippen molar-refractivity contribution in [2.24, 2.45) is 0 Å². The molecule has 0 saturated heterocycles. The number of carboxylic acids is 3. The number of aryl methyl sites for hydroxylation is 1. The van der Waals surface area contributed by atoms with E-state index in [0.717, 1.165) is 23.8 Å². The van der Waals surface area contributed by atoms with E-state index in [2.05, 4.69) is 0 Å². The number of carboxylic acid groups (broad SMARTS) is 3. The molecule has 0 bridgehead atoms. The van der Waals surface area contributed by atoms with Gasteiger partial charge in [-0.15, -0.1) is 0 Å². The van der Waals surface area contributed by atoms with Crippen LogP contribution in [0.2, 0.25) is 0 Å². The lowest BCUT2D eigenvalue weighted by atomic mass is 10.1. The van der Waals surface area contributed by atoms with Gasteiger partial charge in [-0.05, 0) is 42.8 Å². The highest BCUT2D eigenvalue weighted by Gasteiger charge is 2.34. The summed E-state index contributed by atoms with van der Waals surface area (Å²) in [6, 6.07) is 19.3. The van der Waals surface area contributed by atoms with Crippen molar-refractivity contribution in [2.45, 2.75) is 13.1 Å². The SMILES string of the molecule is Cc1ccccc1C(=O)O.O=C(O)c1ccccc1.O=C(O)c1ccccc1C(F)(F)F. The smallest absolute Gasteiger partial charge is 0.417 e. The Morgan fingerprint density at radius 3 is 1.41 bits per heavy atom. The molecule has 3 aromatic carbocycles. The Balaban J connectivity index is 0.000000245. The molecule has 168 valence electrons. The number of halogens is 3. The van der Waals surface area contributed by atoms with Gasteiger partial charge in [0.25, 0.3) is 0 Å². The van der Waals surface area contributed by atoms with Gasteiger partial charge < -0.3 is 15.3 Å². The monoisotopic (exact) mass is 448 g/mol. The molecule has 32 heavy (non-hydrogen) atoms. The van der Waals surface area contributed by atoms with Gasteiger partial charge in [-0.2, -0.15) is 13.2 Å². The Hall–Kier alpha value is -4.14. The van der Waals surface area contributed by atoms with Gasteiger partial charge in [0.1, 0.15) is 0 Å². The number of carbonyl (C=O) groups is 3. The van der Waals surface area contributed by atoms with Gasteiger partial charge in [0, 0.05) is 0 Å². The van der Waals surface area contributed by atoms with Crippen molar-refractivity contribution in [3.05, 3.63) is 107 Å². The Labute approximate surface area is 181 Å². The average Bonchev–Trinajstić information content (AvgIpc) is 2.75. The second kappa shape index (κ2) is 11.9. The Morgan fingerprint density at radius 1 is 0.625 bits per heavy atom. The fraction of sp³-hybridized carbons (Fsp3) is 0.0870. The molecule has 9 heteroatoms. The van der Waals surface area contributed by atoms with Crippen LogP contribution in [0.3, 0.4) is 0 Å². The van der Waals surface area contributed by atoms with Crippen molar-refractivity contribution >= 4 is 17.9 Å². The summed E-state index contributed by atoms with van der Waals surface area (Å²) in [5.41, 5.74) is -0.340. The highest BCUT2D eigenvalue weighted by atomic mass is 19.4. The molecule has 0 fully saturated rings. The first-order chi connectivity index (χ1) is 14.9. The molecule has 0 aliphatic heterocycles. The maximum atomic E-state index is 12.1. The van der Waals surface area contributed by atoms with Gasteiger partial charge in [-0.1, -0.05) is 48.5 Å². The number of benzene rings is 3. The second-order valence-electron chi connectivity index (χ2n) is 6.14. The lowest BCUT2D eigenvalue weighted by Gasteiger charge is -2.08. The zero-order valence-corrected chi connectivity index (χ0v) is 16.7. The molecule has 0 radical (unpaired) electrons. The molecule has 3 N–H and O–H groups in total. The molecule has 0 aromatic heterocycles. The minimum absolute atomic E-state index is 0.331. The molecule has 0 aliphatic carbocycles. The Bertz CT molecular complexity index is 1060. The third kappa shape index (κ3) is 8.31. The number of hydrogen-bond acceptors (Lipinski definition) is 3. The van der Waals surface area contributed by atoms with E-state index in [1.165, 1.54) is 6.07 Å². The number of rotatable bonds is 3. The van der Waals surface area contributed by atoms with Crippen LogP contribution in [0.15, 0.2) is 78.9 Å². The number of alkyl halides is 3. The van der Waals surface area contributed by atoms with E-state index >= 15 is 0 Å². The lowest BCUT2D eigenvalue weighted by Crippen LogP contribution is -2.12. The van der Waals surface area contributed by atoms with Gasteiger partial charge in [0.15, 0.2) is 0 Å². The van der Waals surface area contributed by atoms with Gasteiger partial charge in [0.05, 0.1) is 22.3 Å². The first-order valence-electron chi connectivity index (χ1n) is 8.92. The van der Waals surface area contributed by atoms with Gasteiger partial charge >= 0.3 is 24.1 Å². The van der Waals surface area contributed by atoms with E-state index in [-0.39, 0.29) is 0 Å². The zero-order chi connectivity index (χ0) is 24.3. The summed E-state index contributed by atoms with van der Waals surface area (Å²) >= 11 is 0. The molecule has 0 unspecified atom stereocenters. The summed E-state index contributed by atoms with van der Waals surface area (Å²) in [4.78, 5) is 31.0. The summed E-state index contributed by atoms with van der Waals surface area (Å²) in [5, 5.41) is 25.4. The van der Waals surface area contributed by atoms with Gasteiger partial charge in [-0.3, -0.25) is 0 Å². The van der Waals surface area contributed by atoms with E-state index in [9.17, 15) is 27.6 Å². The largest absolute Gasteiger partial charge is 0.478 e. The molecule has 0 heterocycles. The summed E-state index contributed by atoms with van der Waals surface area (Å²) in [6.07, 6.45) is -4.62. The van der Waals surface area contributed by atoms with Crippen molar-refractivity contribution in [3.8, 4) is 0 Å². The molecule has 0 atom stereocenters. The quantitative estimate of drug-likeness (QED) is 0.489. The Morgan fingerprint density at radius 2 is 1.06 bits per heavy atom. The third-order valence-corrected chi connectivity index (χ3v) is 3.86. The topological polar surface area (TPSA) is 112 Å². The van der Waals surface area contributed by atoms with Crippen LogP contribution in [0, 0.1) is 6.92 Å². The molecular weight excluding hydrogens is 429 g/mol. The molecule has 6 nitrogen and oxygen atoms in total. The van der Waals surface area contributed by atoms with E-state index in [1.54, 1.807) is 55.5 Å². The van der Waals surface area contributed by atoms with E-state index in [0.29, 0.717) is 11.1 Å². The van der Waals surface area contributed by atoms with Gasteiger partial charge in [-0.25, -0.2) is 14.4 Å². The molecule has 0 saturated carbocycles. The van der Waals surface area contributed by atoms with Crippen molar-refractivity contribution < 1.29 is 42.9 Å². The zero-order valence-electron chi connectivity index (χ0n) is 16.7. The summed E-state index contributed by atoms with van der Waals surface area (Å²) < 4.78 is 36.4. The molecule has 0 aliphatic rings. The highest BCUT2D eigenvalue weighted by molar-refractivity contribution is 5.90. The third-order valence-electron chi connectivity index (χ3n) is 3.86. The van der Waals surface area contributed by atoms with Crippen molar-refractivity contribution in [1.29, 1.82) is 0 Å². The van der Waals surface area contributed by atoms with Crippen LogP contribution in [-0.2, 0) is 6.18 Å². The van der Waals surface area contributed by atoms with E-state index < -0.39 is 35.2 Å². The highest BCUT2D eigenvalue weighted by Crippen LogP contribution is 2.31. The van der Waals surface area contributed by atoms with Crippen LogP contribution < -0.4 is 0 Å².